The number of benzene rings is 2. The molecule has 0 unspecified atom stereocenters. The molecule has 0 radical (unpaired) electrons. The Labute approximate surface area is 140 Å². The first-order chi connectivity index (χ1) is 11.3. The van der Waals surface area contributed by atoms with Gasteiger partial charge in [0.05, 0.1) is 4.88 Å². The zero-order valence-electron chi connectivity index (χ0n) is 12.9. The van der Waals surface area contributed by atoms with E-state index in [-0.39, 0.29) is 5.91 Å². The highest BCUT2D eigenvalue weighted by Gasteiger charge is 2.09. The number of carbonyl (C=O) groups excluding carboxylic acids is 1. The van der Waals surface area contributed by atoms with Gasteiger partial charge in [0.15, 0.2) is 0 Å². The van der Waals surface area contributed by atoms with Gasteiger partial charge in [-0.1, -0.05) is 24.3 Å². The van der Waals surface area contributed by atoms with E-state index in [1.807, 2.05) is 60.0 Å². The summed E-state index contributed by atoms with van der Waals surface area (Å²) in [6, 6.07) is 21.9. The largest absolute Gasteiger partial charge is 0.342 e. The predicted molar refractivity (Wildman–Crippen MR) is 97.8 cm³/mol. The first kappa shape index (κ1) is 15.3. The Morgan fingerprint density at radius 2 is 1.65 bits per heavy atom. The van der Waals surface area contributed by atoms with Gasteiger partial charge in [-0.3, -0.25) is 4.79 Å². The second-order valence-electron chi connectivity index (χ2n) is 5.06. The molecule has 2 aromatic carbocycles. The molecular weight excluding hydrogens is 304 g/mol. The quantitative estimate of drug-likeness (QED) is 0.704. The summed E-state index contributed by atoms with van der Waals surface area (Å²) in [6.07, 6.45) is 0. The Balaban J connectivity index is 1.75. The van der Waals surface area contributed by atoms with E-state index in [9.17, 15) is 4.79 Å². The van der Waals surface area contributed by atoms with Crippen molar-refractivity contribution in [3.63, 3.8) is 0 Å². The van der Waals surface area contributed by atoms with E-state index in [0.717, 1.165) is 23.6 Å². The number of hydrogen-bond acceptors (Lipinski definition) is 3. The zero-order valence-corrected chi connectivity index (χ0v) is 13.7. The summed E-state index contributed by atoms with van der Waals surface area (Å²) in [7, 11) is 0. The van der Waals surface area contributed by atoms with Crippen molar-refractivity contribution < 1.29 is 4.79 Å². The maximum absolute atomic E-state index is 12.1. The standard InChI is InChI=1S/C19H18N2OS/c1-2-21(16-7-4-3-5-8-16)17-12-10-15(11-13-17)20-19(22)18-9-6-14-23-18/h3-14H,2H2,1H3,(H,20,22). The Morgan fingerprint density at radius 1 is 0.957 bits per heavy atom. The molecule has 0 aliphatic carbocycles. The zero-order chi connectivity index (χ0) is 16.1. The van der Waals surface area contributed by atoms with Crippen molar-refractivity contribution in [2.75, 3.05) is 16.8 Å². The summed E-state index contributed by atoms with van der Waals surface area (Å²) in [5.74, 6) is -0.0665. The normalized spacial score (nSPS) is 10.3. The molecule has 0 aliphatic rings. The average molecular weight is 322 g/mol. The molecule has 0 saturated heterocycles. The van der Waals surface area contributed by atoms with E-state index in [0.29, 0.717) is 4.88 Å². The molecule has 4 heteroatoms. The first-order valence-corrected chi connectivity index (χ1v) is 8.43. The topological polar surface area (TPSA) is 32.3 Å². The molecular formula is C19H18N2OS. The number of rotatable bonds is 5. The number of amides is 1. The number of hydrogen-bond donors (Lipinski definition) is 1. The Kier molecular flexibility index (Phi) is 4.74. The molecule has 23 heavy (non-hydrogen) atoms. The van der Waals surface area contributed by atoms with E-state index in [4.69, 9.17) is 0 Å². The number of carbonyl (C=O) groups is 1. The maximum atomic E-state index is 12.1. The van der Waals surface area contributed by atoms with Crippen molar-refractivity contribution in [2.45, 2.75) is 6.92 Å². The molecule has 1 amide bonds. The first-order valence-electron chi connectivity index (χ1n) is 7.55. The Morgan fingerprint density at radius 3 is 2.26 bits per heavy atom. The monoisotopic (exact) mass is 322 g/mol. The Hall–Kier alpha value is -2.59. The Bertz CT molecular complexity index is 752. The summed E-state index contributed by atoms with van der Waals surface area (Å²) in [5, 5.41) is 4.82. The molecule has 0 bridgehead atoms. The number of anilines is 3. The third-order valence-corrected chi connectivity index (χ3v) is 4.43. The summed E-state index contributed by atoms with van der Waals surface area (Å²) < 4.78 is 0. The summed E-state index contributed by atoms with van der Waals surface area (Å²) >= 11 is 1.44. The van der Waals surface area contributed by atoms with Crippen LogP contribution in [0.25, 0.3) is 0 Å². The van der Waals surface area contributed by atoms with Crippen molar-refractivity contribution in [3.05, 3.63) is 77.0 Å². The second kappa shape index (κ2) is 7.11. The van der Waals surface area contributed by atoms with Crippen LogP contribution in [0.2, 0.25) is 0 Å². The van der Waals surface area contributed by atoms with Crippen LogP contribution in [0.5, 0.6) is 0 Å². The number of nitrogens with zero attached hydrogens (tertiary/aromatic N) is 1. The van der Waals surface area contributed by atoms with Gasteiger partial charge in [0.1, 0.15) is 0 Å². The number of nitrogens with one attached hydrogen (secondary N) is 1. The van der Waals surface area contributed by atoms with Crippen LogP contribution >= 0.6 is 11.3 Å². The van der Waals surface area contributed by atoms with Crippen molar-refractivity contribution in [2.24, 2.45) is 0 Å². The van der Waals surface area contributed by atoms with Gasteiger partial charge in [-0.25, -0.2) is 0 Å². The van der Waals surface area contributed by atoms with Crippen molar-refractivity contribution in [1.82, 2.24) is 0 Å². The van der Waals surface area contributed by atoms with Gasteiger partial charge in [-0.2, -0.15) is 0 Å². The van der Waals surface area contributed by atoms with Gasteiger partial charge in [0.2, 0.25) is 0 Å². The van der Waals surface area contributed by atoms with Gasteiger partial charge >= 0.3 is 0 Å². The number of para-hydroxylation sites is 1. The third kappa shape index (κ3) is 3.60. The van der Waals surface area contributed by atoms with Crippen molar-refractivity contribution >= 4 is 34.3 Å². The average Bonchev–Trinajstić information content (AvgIpc) is 3.13. The SMILES string of the molecule is CCN(c1ccccc1)c1ccc(NC(=O)c2cccs2)cc1. The summed E-state index contributed by atoms with van der Waals surface area (Å²) in [5.41, 5.74) is 3.06. The van der Waals surface area contributed by atoms with E-state index in [1.165, 1.54) is 11.3 Å². The highest BCUT2D eigenvalue weighted by atomic mass is 32.1. The fraction of sp³-hybridized carbons (Fsp3) is 0.105. The van der Waals surface area contributed by atoms with E-state index in [1.54, 1.807) is 0 Å². The minimum Gasteiger partial charge on any atom is -0.342 e. The molecule has 1 heterocycles. The summed E-state index contributed by atoms with van der Waals surface area (Å²) in [6.45, 7) is 3.00. The molecule has 3 aromatic rings. The predicted octanol–water partition coefficient (Wildman–Crippen LogP) is 5.16. The van der Waals surface area contributed by atoms with Gasteiger partial charge < -0.3 is 10.2 Å². The van der Waals surface area contributed by atoms with Crippen LogP contribution in [0.3, 0.4) is 0 Å². The smallest absolute Gasteiger partial charge is 0.265 e. The molecule has 3 nitrogen and oxygen atoms in total. The van der Waals surface area contributed by atoms with Crippen molar-refractivity contribution in [3.8, 4) is 0 Å². The van der Waals surface area contributed by atoms with Gasteiger partial charge in [0.25, 0.3) is 5.91 Å². The molecule has 0 aliphatic heterocycles. The van der Waals surface area contributed by atoms with Crippen LogP contribution in [0.4, 0.5) is 17.1 Å². The van der Waals surface area contributed by atoms with E-state index in [2.05, 4.69) is 29.3 Å². The molecule has 0 spiro atoms. The molecule has 0 atom stereocenters. The molecule has 1 aromatic heterocycles. The van der Waals surface area contributed by atoms with E-state index >= 15 is 0 Å². The molecule has 3 rings (SSSR count). The molecule has 1 N–H and O–H groups in total. The molecule has 0 fully saturated rings. The van der Waals surface area contributed by atoms with Crippen LogP contribution < -0.4 is 10.2 Å². The highest BCUT2D eigenvalue weighted by Crippen LogP contribution is 2.26. The fourth-order valence-electron chi connectivity index (χ4n) is 2.45. The second-order valence-corrected chi connectivity index (χ2v) is 6.01. The molecule has 116 valence electrons. The van der Waals surface area contributed by atoms with Gasteiger partial charge in [-0.15, -0.1) is 11.3 Å². The lowest BCUT2D eigenvalue weighted by molar-refractivity contribution is 0.103. The molecule has 0 saturated carbocycles. The van der Waals surface area contributed by atoms with Crippen LogP contribution in [-0.2, 0) is 0 Å². The van der Waals surface area contributed by atoms with Crippen molar-refractivity contribution in [1.29, 1.82) is 0 Å². The van der Waals surface area contributed by atoms with Crippen LogP contribution in [0.15, 0.2) is 72.1 Å². The van der Waals surface area contributed by atoms with Crippen LogP contribution in [-0.4, -0.2) is 12.5 Å². The summed E-state index contributed by atoms with van der Waals surface area (Å²) in [4.78, 5) is 15.0. The highest BCUT2D eigenvalue weighted by molar-refractivity contribution is 7.12. The minimum absolute atomic E-state index is 0.0665. The van der Waals surface area contributed by atoms with E-state index < -0.39 is 0 Å². The lowest BCUT2D eigenvalue weighted by atomic mass is 10.2. The maximum Gasteiger partial charge on any atom is 0.265 e. The van der Waals surface area contributed by atoms with Crippen LogP contribution in [0.1, 0.15) is 16.6 Å². The fourth-order valence-corrected chi connectivity index (χ4v) is 3.07. The van der Waals surface area contributed by atoms with Crippen LogP contribution in [0, 0.1) is 0 Å². The van der Waals surface area contributed by atoms with Gasteiger partial charge in [-0.05, 0) is 54.8 Å². The third-order valence-electron chi connectivity index (χ3n) is 3.57. The lowest BCUT2D eigenvalue weighted by Crippen LogP contribution is -2.16. The lowest BCUT2D eigenvalue weighted by Gasteiger charge is -2.23. The minimum atomic E-state index is -0.0665. The number of thiophene rings is 1. The van der Waals surface area contributed by atoms with Gasteiger partial charge in [0, 0.05) is 23.6 Å².